The summed E-state index contributed by atoms with van der Waals surface area (Å²) in [7, 11) is 0. The summed E-state index contributed by atoms with van der Waals surface area (Å²) in [6.07, 6.45) is 4.31. The number of amides is 1. The lowest BCUT2D eigenvalue weighted by atomic mass is 10.4. The Bertz CT molecular complexity index is 290. The number of hydrogen-bond acceptors (Lipinski definition) is 2. The summed E-state index contributed by atoms with van der Waals surface area (Å²) in [6, 6.07) is 0. The minimum Gasteiger partial charge on any atom is -0.331 e. The van der Waals surface area contributed by atoms with Gasteiger partial charge in [-0.2, -0.15) is 0 Å². The topological polar surface area (TPSA) is 23.6 Å². The van der Waals surface area contributed by atoms with Gasteiger partial charge >= 0.3 is 0 Å². The van der Waals surface area contributed by atoms with E-state index in [1.165, 1.54) is 0 Å². The molecule has 0 bridgehead atoms. The lowest BCUT2D eigenvalue weighted by Gasteiger charge is -2.22. The maximum atomic E-state index is 11.5. The van der Waals surface area contributed by atoms with E-state index in [9.17, 15) is 4.79 Å². The number of nitrogens with zero attached hydrogens (tertiary/aromatic N) is 2. The summed E-state index contributed by atoms with van der Waals surface area (Å²) in [5.74, 6) is 5.16. The van der Waals surface area contributed by atoms with Crippen LogP contribution in [0.5, 0.6) is 0 Å². The van der Waals surface area contributed by atoms with E-state index < -0.39 is 0 Å². The highest BCUT2D eigenvalue weighted by Crippen LogP contribution is 1.99. The minimum absolute atomic E-state index is 0.0628. The van der Waals surface area contributed by atoms with Crippen LogP contribution in [0.2, 0.25) is 0 Å². The molecule has 0 aromatic heterocycles. The minimum atomic E-state index is -0.0628. The Morgan fingerprint density at radius 3 is 2.67 bits per heavy atom. The molecule has 1 aliphatic heterocycles. The van der Waals surface area contributed by atoms with Crippen molar-refractivity contribution in [2.24, 2.45) is 0 Å². The molecular formula is C12H18N2O. The van der Waals surface area contributed by atoms with Crippen LogP contribution < -0.4 is 0 Å². The second-order valence-electron chi connectivity index (χ2n) is 3.49. The Morgan fingerprint density at radius 2 is 2.13 bits per heavy atom. The molecule has 0 spiro atoms. The van der Waals surface area contributed by atoms with Crippen molar-refractivity contribution in [3.05, 3.63) is 12.2 Å². The first kappa shape index (κ1) is 11.8. The van der Waals surface area contributed by atoms with E-state index in [1.54, 1.807) is 11.8 Å². The Kier molecular flexibility index (Phi) is 4.92. The third kappa shape index (κ3) is 3.77. The zero-order chi connectivity index (χ0) is 11.1. The third-order valence-electron chi connectivity index (χ3n) is 2.48. The summed E-state index contributed by atoms with van der Waals surface area (Å²) >= 11 is 0. The molecule has 0 saturated heterocycles. The average Bonchev–Trinajstić information content (AvgIpc) is 2.72. The molecule has 1 rings (SSSR count). The van der Waals surface area contributed by atoms with Gasteiger partial charge in [-0.05, 0) is 19.8 Å². The van der Waals surface area contributed by atoms with Gasteiger partial charge < -0.3 is 4.90 Å². The molecule has 0 atom stereocenters. The lowest BCUT2D eigenvalue weighted by molar-refractivity contribution is -0.125. The van der Waals surface area contributed by atoms with E-state index in [1.807, 2.05) is 6.92 Å². The molecule has 3 nitrogen and oxygen atoms in total. The maximum Gasteiger partial charge on any atom is 0.298 e. The molecule has 0 aromatic rings. The van der Waals surface area contributed by atoms with Crippen LogP contribution in [0.25, 0.3) is 0 Å². The van der Waals surface area contributed by atoms with Crippen LogP contribution in [0.15, 0.2) is 12.2 Å². The fourth-order valence-electron chi connectivity index (χ4n) is 1.56. The van der Waals surface area contributed by atoms with Crippen LogP contribution >= 0.6 is 0 Å². The van der Waals surface area contributed by atoms with Gasteiger partial charge in [-0.25, -0.2) is 0 Å². The lowest BCUT2D eigenvalue weighted by Crippen LogP contribution is -2.37. The first-order valence-corrected chi connectivity index (χ1v) is 5.37. The average molecular weight is 206 g/mol. The van der Waals surface area contributed by atoms with Gasteiger partial charge in [0.05, 0.1) is 0 Å². The fraction of sp³-hybridized carbons (Fsp3) is 0.583. The van der Waals surface area contributed by atoms with Crippen molar-refractivity contribution < 1.29 is 4.79 Å². The fourth-order valence-corrected chi connectivity index (χ4v) is 1.56. The first-order chi connectivity index (χ1) is 7.27. The van der Waals surface area contributed by atoms with Gasteiger partial charge in [0.25, 0.3) is 5.91 Å². The second kappa shape index (κ2) is 6.26. The molecule has 82 valence electrons. The summed E-state index contributed by atoms with van der Waals surface area (Å²) in [5.41, 5.74) is 0. The Balaban J connectivity index is 2.32. The Hall–Kier alpha value is -1.27. The van der Waals surface area contributed by atoms with Crippen molar-refractivity contribution in [1.29, 1.82) is 0 Å². The predicted octanol–water partition coefficient (Wildman–Crippen LogP) is 0.730. The van der Waals surface area contributed by atoms with Crippen LogP contribution in [0.3, 0.4) is 0 Å². The van der Waals surface area contributed by atoms with Crippen molar-refractivity contribution in [2.75, 3.05) is 32.7 Å². The monoisotopic (exact) mass is 206 g/mol. The molecule has 15 heavy (non-hydrogen) atoms. The smallest absolute Gasteiger partial charge is 0.298 e. The second-order valence-corrected chi connectivity index (χ2v) is 3.49. The number of hydrogen-bond donors (Lipinski definition) is 0. The number of rotatable bonds is 4. The number of carbonyl (C=O) groups excluding carboxylic acids is 1. The van der Waals surface area contributed by atoms with Crippen LogP contribution in [0.1, 0.15) is 13.8 Å². The quantitative estimate of drug-likeness (QED) is 0.500. The van der Waals surface area contributed by atoms with E-state index in [0.717, 1.165) is 32.7 Å². The molecule has 1 heterocycles. The molecule has 0 saturated carbocycles. The van der Waals surface area contributed by atoms with Gasteiger partial charge in [0.1, 0.15) is 0 Å². The molecule has 0 unspecified atom stereocenters. The zero-order valence-corrected chi connectivity index (χ0v) is 9.49. The third-order valence-corrected chi connectivity index (χ3v) is 2.48. The molecule has 1 aliphatic rings. The maximum absolute atomic E-state index is 11.5. The highest BCUT2D eigenvalue weighted by molar-refractivity contribution is 5.93. The molecular weight excluding hydrogens is 188 g/mol. The summed E-state index contributed by atoms with van der Waals surface area (Å²) < 4.78 is 0. The van der Waals surface area contributed by atoms with E-state index >= 15 is 0 Å². The van der Waals surface area contributed by atoms with E-state index in [-0.39, 0.29) is 5.91 Å². The molecule has 0 fully saturated rings. The molecule has 1 amide bonds. The van der Waals surface area contributed by atoms with Crippen molar-refractivity contribution in [2.45, 2.75) is 13.8 Å². The van der Waals surface area contributed by atoms with Crippen LogP contribution in [-0.4, -0.2) is 48.4 Å². The van der Waals surface area contributed by atoms with E-state index in [4.69, 9.17) is 0 Å². The van der Waals surface area contributed by atoms with Crippen LogP contribution in [-0.2, 0) is 4.79 Å². The number of likely N-dealkylation sites (N-methyl/N-ethyl adjacent to an activating group) is 1. The van der Waals surface area contributed by atoms with Crippen molar-refractivity contribution >= 4 is 5.91 Å². The van der Waals surface area contributed by atoms with Crippen molar-refractivity contribution in [3.8, 4) is 11.8 Å². The highest BCUT2D eigenvalue weighted by Gasteiger charge is 2.11. The van der Waals surface area contributed by atoms with Crippen molar-refractivity contribution in [1.82, 2.24) is 9.80 Å². The Labute approximate surface area is 91.7 Å². The van der Waals surface area contributed by atoms with Crippen LogP contribution in [0.4, 0.5) is 0 Å². The van der Waals surface area contributed by atoms with Gasteiger partial charge in [-0.1, -0.05) is 18.1 Å². The largest absolute Gasteiger partial charge is 0.331 e. The summed E-state index contributed by atoms with van der Waals surface area (Å²) in [6.45, 7) is 8.11. The standard InChI is InChI=1S/C12H18N2O/c1-3-7-12(15)14(4-2)11-10-13-8-5-6-9-13/h5-6H,4,8-11H2,1-2H3. The molecule has 0 radical (unpaired) electrons. The highest BCUT2D eigenvalue weighted by atomic mass is 16.2. The summed E-state index contributed by atoms with van der Waals surface area (Å²) in [5, 5.41) is 0. The molecule has 0 N–H and O–H groups in total. The van der Waals surface area contributed by atoms with Crippen molar-refractivity contribution in [3.63, 3.8) is 0 Å². The predicted molar refractivity (Wildman–Crippen MR) is 61.3 cm³/mol. The van der Waals surface area contributed by atoms with Crippen LogP contribution in [0, 0.1) is 11.8 Å². The van der Waals surface area contributed by atoms with Gasteiger partial charge in [0.15, 0.2) is 0 Å². The van der Waals surface area contributed by atoms with Gasteiger partial charge in [0, 0.05) is 32.7 Å². The molecule has 0 aromatic carbocycles. The summed E-state index contributed by atoms with van der Waals surface area (Å²) in [4.78, 5) is 15.6. The zero-order valence-electron chi connectivity index (χ0n) is 9.49. The van der Waals surface area contributed by atoms with Gasteiger partial charge in [0.2, 0.25) is 0 Å². The molecule has 3 heteroatoms. The van der Waals surface area contributed by atoms with E-state index in [0.29, 0.717) is 0 Å². The SMILES string of the molecule is CC#CC(=O)N(CC)CCN1CC=CC1. The Morgan fingerprint density at radius 1 is 1.47 bits per heavy atom. The van der Waals surface area contributed by atoms with E-state index in [2.05, 4.69) is 28.9 Å². The molecule has 0 aliphatic carbocycles. The van der Waals surface area contributed by atoms with Gasteiger partial charge in [-0.15, -0.1) is 0 Å². The number of carbonyl (C=O) groups is 1. The normalized spacial score (nSPS) is 14.8. The van der Waals surface area contributed by atoms with Gasteiger partial charge in [-0.3, -0.25) is 9.69 Å². The first-order valence-electron chi connectivity index (χ1n) is 5.37.